The summed E-state index contributed by atoms with van der Waals surface area (Å²) in [5.74, 6) is -0.460. The molecule has 2 aromatic rings. The molecule has 0 saturated carbocycles. The molecular weight excluding hydrogens is 144 g/mol. The third kappa shape index (κ3) is 0.920. The molecule has 0 radical (unpaired) electrons. The van der Waals surface area contributed by atoms with Gasteiger partial charge in [-0.2, -0.15) is 0 Å². The van der Waals surface area contributed by atoms with Gasteiger partial charge in [0.25, 0.3) is 0 Å². The molecule has 0 saturated heterocycles. The molecule has 2 aromatic heterocycles. The van der Waals surface area contributed by atoms with Gasteiger partial charge in [-0.15, -0.1) is 0 Å². The van der Waals surface area contributed by atoms with Crippen LogP contribution in [-0.4, -0.2) is 9.97 Å². The van der Waals surface area contributed by atoms with Crippen LogP contribution in [0.2, 0.25) is 0 Å². The zero-order valence-electron chi connectivity index (χ0n) is 5.92. The van der Waals surface area contributed by atoms with E-state index in [0.717, 1.165) is 5.56 Å². The lowest BCUT2D eigenvalue weighted by Gasteiger charge is -1.87. The summed E-state index contributed by atoms with van der Waals surface area (Å²) >= 11 is 0. The second kappa shape index (κ2) is 1.95. The van der Waals surface area contributed by atoms with Crippen molar-refractivity contribution in [3.63, 3.8) is 0 Å². The van der Waals surface area contributed by atoms with E-state index in [0.29, 0.717) is 11.2 Å². The minimum absolute atomic E-state index is 0.362. The Morgan fingerprint density at radius 2 is 2.45 bits per heavy atom. The summed E-state index contributed by atoms with van der Waals surface area (Å²) < 4.78 is 4.70. The number of aryl methyl sites for hydroxylation is 1. The molecule has 0 unspecified atom stereocenters. The van der Waals surface area contributed by atoms with Gasteiger partial charge in [0.1, 0.15) is 5.52 Å². The second-order valence-corrected chi connectivity index (χ2v) is 2.38. The second-order valence-electron chi connectivity index (χ2n) is 2.38. The monoisotopic (exact) mass is 150 g/mol. The fourth-order valence-corrected chi connectivity index (χ4v) is 0.951. The van der Waals surface area contributed by atoms with Crippen molar-refractivity contribution in [3.8, 4) is 0 Å². The Bertz CT molecular complexity index is 441. The van der Waals surface area contributed by atoms with E-state index in [4.69, 9.17) is 4.42 Å². The first-order chi connectivity index (χ1) is 5.25. The molecule has 4 heteroatoms. The van der Waals surface area contributed by atoms with Crippen LogP contribution >= 0.6 is 0 Å². The number of pyridine rings is 1. The molecule has 0 amide bonds. The molecule has 2 heterocycles. The van der Waals surface area contributed by atoms with E-state index in [-0.39, 0.29) is 0 Å². The molecule has 2 rings (SSSR count). The van der Waals surface area contributed by atoms with E-state index in [1.54, 1.807) is 6.20 Å². The number of hydrogen-bond donors (Lipinski definition) is 1. The highest BCUT2D eigenvalue weighted by Gasteiger charge is 1.99. The summed E-state index contributed by atoms with van der Waals surface area (Å²) in [5.41, 5.74) is 2.00. The van der Waals surface area contributed by atoms with E-state index in [1.165, 1.54) is 0 Å². The Morgan fingerprint density at radius 1 is 1.64 bits per heavy atom. The van der Waals surface area contributed by atoms with Gasteiger partial charge in [-0.3, -0.25) is 4.98 Å². The lowest BCUT2D eigenvalue weighted by atomic mass is 10.3. The largest absolute Gasteiger partial charge is 0.418 e. The minimum Gasteiger partial charge on any atom is -0.389 e. The normalized spacial score (nSPS) is 10.6. The molecule has 0 bridgehead atoms. The molecule has 0 atom stereocenters. The van der Waals surface area contributed by atoms with Gasteiger partial charge in [-0.25, -0.2) is 9.78 Å². The minimum atomic E-state index is -0.460. The number of rotatable bonds is 0. The maximum Gasteiger partial charge on any atom is 0.418 e. The van der Waals surface area contributed by atoms with Crippen LogP contribution in [0.4, 0.5) is 0 Å². The number of aromatic nitrogens is 2. The quantitative estimate of drug-likeness (QED) is 0.604. The number of nitrogens with one attached hydrogen (secondary N) is 1. The molecule has 1 N–H and O–H groups in total. The van der Waals surface area contributed by atoms with Crippen molar-refractivity contribution in [2.75, 3.05) is 0 Å². The van der Waals surface area contributed by atoms with E-state index in [1.807, 2.05) is 13.0 Å². The van der Waals surface area contributed by atoms with Crippen molar-refractivity contribution in [2.24, 2.45) is 0 Å². The lowest BCUT2D eigenvalue weighted by molar-refractivity contribution is 0.545. The highest BCUT2D eigenvalue weighted by Crippen LogP contribution is 2.06. The Hall–Kier alpha value is -1.58. The molecule has 4 nitrogen and oxygen atoms in total. The summed E-state index contributed by atoms with van der Waals surface area (Å²) in [7, 11) is 0. The number of nitrogens with zero attached hydrogens (tertiary/aromatic N) is 1. The topological polar surface area (TPSA) is 58.9 Å². The predicted octanol–water partition coefficient (Wildman–Crippen LogP) is 0.825. The third-order valence-electron chi connectivity index (χ3n) is 1.41. The standard InChI is InChI=1S/C7H6N2O2/c1-4-2-5-6(8-3-4)11-7(10)9-5/h2-3H,1H3,(H,9,10). The van der Waals surface area contributed by atoms with Gasteiger partial charge in [0.15, 0.2) is 0 Å². The molecular formula is C7H6N2O2. The molecule has 0 fully saturated rings. The summed E-state index contributed by atoms with van der Waals surface area (Å²) in [6, 6.07) is 1.81. The molecule has 0 aromatic carbocycles. The number of aromatic amines is 1. The summed E-state index contributed by atoms with van der Waals surface area (Å²) in [5, 5.41) is 0. The van der Waals surface area contributed by atoms with Crippen molar-refractivity contribution in [1.82, 2.24) is 9.97 Å². The van der Waals surface area contributed by atoms with Crippen molar-refractivity contribution in [2.45, 2.75) is 6.92 Å². The zero-order valence-corrected chi connectivity index (χ0v) is 5.92. The van der Waals surface area contributed by atoms with Crippen LogP contribution in [0.1, 0.15) is 5.56 Å². The zero-order chi connectivity index (χ0) is 7.84. The highest BCUT2D eigenvalue weighted by atomic mass is 16.4. The number of H-pyrrole nitrogens is 1. The third-order valence-corrected chi connectivity index (χ3v) is 1.41. The SMILES string of the molecule is Cc1cnc2oc(=O)[nH]c2c1. The molecule has 11 heavy (non-hydrogen) atoms. The van der Waals surface area contributed by atoms with Crippen molar-refractivity contribution < 1.29 is 4.42 Å². The number of fused-ring (bicyclic) bond motifs is 1. The van der Waals surface area contributed by atoms with Gasteiger partial charge >= 0.3 is 5.76 Å². The van der Waals surface area contributed by atoms with Crippen LogP contribution in [0.3, 0.4) is 0 Å². The molecule has 56 valence electrons. The molecule has 0 spiro atoms. The smallest absolute Gasteiger partial charge is 0.389 e. The number of oxazole rings is 1. The summed E-state index contributed by atoms with van der Waals surface area (Å²) in [6.45, 7) is 1.90. The Labute approximate surface area is 61.9 Å². The maximum absolute atomic E-state index is 10.6. The first-order valence-electron chi connectivity index (χ1n) is 3.21. The van der Waals surface area contributed by atoms with Crippen LogP contribution in [0.5, 0.6) is 0 Å². The average molecular weight is 150 g/mol. The van der Waals surface area contributed by atoms with Crippen LogP contribution in [0, 0.1) is 6.92 Å². The Morgan fingerprint density at radius 3 is 3.27 bits per heavy atom. The molecule has 0 aliphatic heterocycles. The fourth-order valence-electron chi connectivity index (χ4n) is 0.951. The van der Waals surface area contributed by atoms with Gasteiger partial charge in [0.05, 0.1) is 0 Å². The van der Waals surface area contributed by atoms with Crippen molar-refractivity contribution in [1.29, 1.82) is 0 Å². The fraction of sp³-hybridized carbons (Fsp3) is 0.143. The van der Waals surface area contributed by atoms with Crippen LogP contribution < -0.4 is 5.76 Å². The van der Waals surface area contributed by atoms with Crippen molar-refractivity contribution in [3.05, 3.63) is 28.4 Å². The van der Waals surface area contributed by atoms with E-state index in [9.17, 15) is 4.79 Å². The van der Waals surface area contributed by atoms with Gasteiger partial charge in [0, 0.05) is 6.20 Å². The van der Waals surface area contributed by atoms with Gasteiger partial charge in [0.2, 0.25) is 5.71 Å². The Balaban J connectivity index is 2.92. The average Bonchev–Trinajstić information content (AvgIpc) is 2.27. The van der Waals surface area contributed by atoms with Gasteiger partial charge < -0.3 is 4.42 Å². The number of hydrogen-bond acceptors (Lipinski definition) is 3. The van der Waals surface area contributed by atoms with E-state index in [2.05, 4.69) is 9.97 Å². The van der Waals surface area contributed by atoms with Crippen molar-refractivity contribution >= 4 is 11.2 Å². The summed E-state index contributed by atoms with van der Waals surface area (Å²) in [4.78, 5) is 17.1. The highest BCUT2D eigenvalue weighted by molar-refractivity contribution is 5.67. The van der Waals surface area contributed by atoms with Crippen LogP contribution in [-0.2, 0) is 0 Å². The van der Waals surface area contributed by atoms with Crippen LogP contribution in [0.15, 0.2) is 21.5 Å². The Kier molecular flexibility index (Phi) is 1.09. The van der Waals surface area contributed by atoms with Gasteiger partial charge in [-0.1, -0.05) is 0 Å². The lowest BCUT2D eigenvalue weighted by Crippen LogP contribution is -1.92. The maximum atomic E-state index is 10.6. The molecule has 0 aliphatic rings. The molecule has 0 aliphatic carbocycles. The predicted molar refractivity (Wildman–Crippen MR) is 39.4 cm³/mol. The first kappa shape index (κ1) is 6.15. The summed E-state index contributed by atoms with van der Waals surface area (Å²) in [6.07, 6.45) is 1.65. The van der Waals surface area contributed by atoms with Crippen LogP contribution in [0.25, 0.3) is 11.2 Å². The van der Waals surface area contributed by atoms with Gasteiger partial charge in [-0.05, 0) is 18.6 Å². The van der Waals surface area contributed by atoms with E-state index >= 15 is 0 Å². The van der Waals surface area contributed by atoms with E-state index < -0.39 is 5.76 Å². The first-order valence-corrected chi connectivity index (χ1v) is 3.21.